The second kappa shape index (κ2) is 7.74. The highest BCUT2D eigenvalue weighted by Crippen LogP contribution is 2.18. The zero-order valence-corrected chi connectivity index (χ0v) is 13.1. The van der Waals surface area contributed by atoms with E-state index in [1.807, 2.05) is 30.7 Å². The first-order valence-corrected chi connectivity index (χ1v) is 7.47. The highest BCUT2D eigenvalue weighted by atomic mass is 15.2. The number of aromatic nitrogens is 2. The summed E-state index contributed by atoms with van der Waals surface area (Å²) in [6.07, 6.45) is 6.77. The van der Waals surface area contributed by atoms with Crippen molar-refractivity contribution >= 4 is 5.82 Å². The SMILES string of the molecule is CCCNCc1cnc(N(C)Cc2ccncc2)c(C)c1. The molecule has 4 heteroatoms. The number of hydrogen-bond acceptors (Lipinski definition) is 4. The van der Waals surface area contributed by atoms with Gasteiger partial charge in [-0.2, -0.15) is 0 Å². The number of nitrogens with zero attached hydrogens (tertiary/aromatic N) is 3. The molecule has 21 heavy (non-hydrogen) atoms. The Balaban J connectivity index is 2.02. The van der Waals surface area contributed by atoms with Crippen molar-refractivity contribution in [2.24, 2.45) is 0 Å². The smallest absolute Gasteiger partial charge is 0.131 e. The molecule has 0 amide bonds. The van der Waals surface area contributed by atoms with Crippen molar-refractivity contribution in [2.45, 2.75) is 33.4 Å². The average molecular weight is 284 g/mol. The van der Waals surface area contributed by atoms with Crippen molar-refractivity contribution < 1.29 is 0 Å². The molecule has 4 nitrogen and oxygen atoms in total. The lowest BCUT2D eigenvalue weighted by Crippen LogP contribution is -2.19. The van der Waals surface area contributed by atoms with Gasteiger partial charge in [-0.15, -0.1) is 0 Å². The molecule has 0 aliphatic heterocycles. The second-order valence-corrected chi connectivity index (χ2v) is 5.37. The third kappa shape index (κ3) is 4.53. The molecule has 0 radical (unpaired) electrons. The number of nitrogens with one attached hydrogen (secondary N) is 1. The number of anilines is 1. The molecule has 0 saturated heterocycles. The normalized spacial score (nSPS) is 10.6. The lowest BCUT2D eigenvalue weighted by Gasteiger charge is -2.20. The van der Waals surface area contributed by atoms with Gasteiger partial charge in [0.1, 0.15) is 5.82 Å². The summed E-state index contributed by atoms with van der Waals surface area (Å²) in [7, 11) is 2.07. The van der Waals surface area contributed by atoms with Gasteiger partial charge in [0.2, 0.25) is 0 Å². The van der Waals surface area contributed by atoms with Crippen LogP contribution in [0.1, 0.15) is 30.0 Å². The zero-order chi connectivity index (χ0) is 15.1. The van der Waals surface area contributed by atoms with Crippen LogP contribution in [-0.2, 0) is 13.1 Å². The molecule has 0 bridgehead atoms. The van der Waals surface area contributed by atoms with Crippen LogP contribution in [0.2, 0.25) is 0 Å². The first-order chi connectivity index (χ1) is 10.2. The van der Waals surface area contributed by atoms with Crippen LogP contribution >= 0.6 is 0 Å². The molecule has 2 aromatic heterocycles. The number of rotatable bonds is 7. The van der Waals surface area contributed by atoms with Crippen molar-refractivity contribution in [2.75, 3.05) is 18.5 Å². The molecule has 2 rings (SSSR count). The topological polar surface area (TPSA) is 41.1 Å². The van der Waals surface area contributed by atoms with Crippen LogP contribution < -0.4 is 10.2 Å². The Bertz CT molecular complexity index is 554. The van der Waals surface area contributed by atoms with Gasteiger partial charge in [0.05, 0.1) is 0 Å². The third-order valence-electron chi connectivity index (χ3n) is 3.39. The molecule has 0 aliphatic carbocycles. The monoisotopic (exact) mass is 284 g/mol. The second-order valence-electron chi connectivity index (χ2n) is 5.37. The van der Waals surface area contributed by atoms with E-state index in [1.54, 1.807) is 0 Å². The number of pyridine rings is 2. The highest BCUT2D eigenvalue weighted by Gasteiger charge is 2.08. The van der Waals surface area contributed by atoms with Crippen LogP contribution in [-0.4, -0.2) is 23.6 Å². The van der Waals surface area contributed by atoms with Gasteiger partial charge in [-0.1, -0.05) is 6.92 Å². The summed E-state index contributed by atoms with van der Waals surface area (Å²) in [5.41, 5.74) is 3.69. The van der Waals surface area contributed by atoms with Crippen molar-refractivity contribution in [1.82, 2.24) is 15.3 Å². The van der Waals surface area contributed by atoms with E-state index in [0.717, 1.165) is 31.9 Å². The van der Waals surface area contributed by atoms with Crippen molar-refractivity contribution in [1.29, 1.82) is 0 Å². The van der Waals surface area contributed by atoms with Crippen LogP contribution in [0.15, 0.2) is 36.8 Å². The molecule has 2 heterocycles. The van der Waals surface area contributed by atoms with E-state index in [1.165, 1.54) is 16.7 Å². The van der Waals surface area contributed by atoms with Gasteiger partial charge in [-0.3, -0.25) is 4.98 Å². The van der Waals surface area contributed by atoms with Gasteiger partial charge in [0.25, 0.3) is 0 Å². The molecule has 1 N–H and O–H groups in total. The summed E-state index contributed by atoms with van der Waals surface area (Å²) in [6.45, 7) is 7.06. The van der Waals surface area contributed by atoms with E-state index in [4.69, 9.17) is 0 Å². The molecular formula is C17H24N4. The van der Waals surface area contributed by atoms with Crippen molar-refractivity contribution in [3.63, 3.8) is 0 Å². The van der Waals surface area contributed by atoms with Gasteiger partial charge >= 0.3 is 0 Å². The number of hydrogen-bond donors (Lipinski definition) is 1. The maximum atomic E-state index is 4.62. The van der Waals surface area contributed by atoms with E-state index in [-0.39, 0.29) is 0 Å². The Morgan fingerprint density at radius 2 is 1.95 bits per heavy atom. The molecule has 0 unspecified atom stereocenters. The Morgan fingerprint density at radius 3 is 2.62 bits per heavy atom. The first-order valence-electron chi connectivity index (χ1n) is 7.47. The van der Waals surface area contributed by atoms with Gasteiger partial charge in [0, 0.05) is 38.7 Å². The minimum Gasteiger partial charge on any atom is -0.355 e. The fourth-order valence-corrected chi connectivity index (χ4v) is 2.37. The van der Waals surface area contributed by atoms with Gasteiger partial charge < -0.3 is 10.2 Å². The van der Waals surface area contributed by atoms with Crippen LogP contribution in [0.4, 0.5) is 5.82 Å². The summed E-state index contributed by atoms with van der Waals surface area (Å²) in [5.74, 6) is 1.03. The molecule has 0 atom stereocenters. The lowest BCUT2D eigenvalue weighted by molar-refractivity contribution is 0.673. The zero-order valence-electron chi connectivity index (χ0n) is 13.1. The molecule has 0 aliphatic rings. The van der Waals surface area contributed by atoms with Crippen LogP contribution in [0, 0.1) is 6.92 Å². The van der Waals surface area contributed by atoms with Gasteiger partial charge in [-0.25, -0.2) is 4.98 Å². The predicted octanol–water partition coefficient (Wildman–Crippen LogP) is 2.92. The van der Waals surface area contributed by atoms with Gasteiger partial charge in [-0.05, 0) is 54.8 Å². The largest absolute Gasteiger partial charge is 0.355 e. The summed E-state index contributed by atoms with van der Waals surface area (Å²) in [4.78, 5) is 10.8. The van der Waals surface area contributed by atoms with Gasteiger partial charge in [0.15, 0.2) is 0 Å². The van der Waals surface area contributed by atoms with E-state index in [2.05, 4.69) is 47.1 Å². The average Bonchev–Trinajstić information content (AvgIpc) is 2.48. The Kier molecular flexibility index (Phi) is 5.69. The minimum absolute atomic E-state index is 0.837. The van der Waals surface area contributed by atoms with Crippen molar-refractivity contribution in [3.05, 3.63) is 53.5 Å². The standard InChI is InChI=1S/C17H24N4/c1-4-7-19-11-16-10-14(2)17(20-12-16)21(3)13-15-5-8-18-9-6-15/h5-6,8-10,12,19H,4,7,11,13H2,1-3H3. The summed E-state index contributed by atoms with van der Waals surface area (Å²) < 4.78 is 0. The fourth-order valence-electron chi connectivity index (χ4n) is 2.37. The van der Waals surface area contributed by atoms with Crippen LogP contribution in [0.5, 0.6) is 0 Å². The molecule has 0 spiro atoms. The van der Waals surface area contributed by atoms with Crippen molar-refractivity contribution in [3.8, 4) is 0 Å². The molecule has 0 aromatic carbocycles. The molecule has 0 fully saturated rings. The summed E-state index contributed by atoms with van der Waals surface area (Å²) in [6, 6.07) is 6.29. The minimum atomic E-state index is 0.837. The maximum absolute atomic E-state index is 4.62. The molecular weight excluding hydrogens is 260 g/mol. The quantitative estimate of drug-likeness (QED) is 0.794. The Morgan fingerprint density at radius 1 is 1.19 bits per heavy atom. The predicted molar refractivity (Wildman–Crippen MR) is 87.3 cm³/mol. The molecule has 112 valence electrons. The highest BCUT2D eigenvalue weighted by molar-refractivity contribution is 5.47. The van der Waals surface area contributed by atoms with E-state index in [0.29, 0.717) is 0 Å². The number of aryl methyl sites for hydroxylation is 1. The molecule has 2 aromatic rings. The van der Waals surface area contributed by atoms with Crippen LogP contribution in [0.3, 0.4) is 0 Å². The third-order valence-corrected chi connectivity index (χ3v) is 3.39. The lowest BCUT2D eigenvalue weighted by atomic mass is 10.2. The Labute approximate surface area is 127 Å². The summed E-state index contributed by atoms with van der Waals surface area (Å²) in [5, 5.41) is 3.41. The maximum Gasteiger partial charge on any atom is 0.131 e. The Hall–Kier alpha value is -1.94. The van der Waals surface area contributed by atoms with E-state index >= 15 is 0 Å². The van der Waals surface area contributed by atoms with E-state index < -0.39 is 0 Å². The fraction of sp³-hybridized carbons (Fsp3) is 0.412. The van der Waals surface area contributed by atoms with Crippen LogP contribution in [0.25, 0.3) is 0 Å². The summed E-state index contributed by atoms with van der Waals surface area (Å²) >= 11 is 0. The van der Waals surface area contributed by atoms with E-state index in [9.17, 15) is 0 Å². The first kappa shape index (κ1) is 15.4. The molecule has 0 saturated carbocycles.